The maximum atomic E-state index is 5.94. The molecule has 11 heterocycles. The molecule has 11 saturated heterocycles. The topological polar surface area (TPSA) is 224 Å². The second-order valence-corrected chi connectivity index (χ2v) is 34.4. The summed E-state index contributed by atoms with van der Waals surface area (Å²) in [6.07, 6.45) is 5.85. The molecule has 21 heteroatoms. The summed E-state index contributed by atoms with van der Waals surface area (Å²) in [4.78, 5) is 2.34. The Morgan fingerprint density at radius 1 is 0.246 bits per heavy atom. The lowest BCUT2D eigenvalue weighted by Gasteiger charge is -2.33. The number of hydrogen-bond donors (Lipinski definition) is 0. The first kappa shape index (κ1) is 98.8. The normalized spacial score (nSPS) is 21.7. The quantitative estimate of drug-likeness (QED) is 0.0259. The number of nitrogens with zero attached hydrogens (tertiary/aromatic N) is 1. The molecular weight excluding hydrogens is 1640 g/mol. The fraction of sp³-hybridized carbons (Fsp3) is 0.450. The Morgan fingerprint density at radius 2 is 0.431 bits per heavy atom. The van der Waals surface area contributed by atoms with Crippen LogP contribution in [0.15, 0.2) is 243 Å². The molecule has 11 aliphatic heterocycles. The standard InChI is InChI=1S/C38H40O6.C18H18O4.C15H19NO4.3C10H12O2.2C3H8.2CH4/c1-37(2,27-8-14-31(15-9-27)39-20-34-23-42-34)26-4-6-28(7-5-26)38(3,29-10-16-32(17-11-29)40-21-35-24-43-35)30-12-18-33(19-13-30)41-22-36-25-44-36;1-5-15(19-9-17-11-21-17)6-2-13(1)14-3-7-16(8-4-14)20-10-18-12-22-18;1-3-12(17-9-15-10-20-15)4-2-11(1)16(5-13-7-18-13)6-14-8-19-14;3*1-8-4-2-3-5-10(8)12-7-9-6-11-9;2*1-3-2;;/h4-19,34-36H,20-25H2,1-3H3;1-8,17-18H,9-12H2;1-4,13-15H,5-10H2;3*2-5,9H,6-7H2,1H3;2*3H2,1-2H3;2*1H4. The fourth-order valence-corrected chi connectivity index (χ4v) is 13.3. The van der Waals surface area contributed by atoms with Gasteiger partial charge in [0.25, 0.3) is 0 Å². The molecule has 698 valence electrons. The van der Waals surface area contributed by atoms with Crippen molar-refractivity contribution in [2.75, 3.05) is 150 Å². The van der Waals surface area contributed by atoms with E-state index >= 15 is 0 Å². The van der Waals surface area contributed by atoms with E-state index < -0.39 is 5.41 Å². The Balaban J connectivity index is 0.000000150. The highest BCUT2D eigenvalue weighted by molar-refractivity contribution is 5.65. The highest BCUT2D eigenvalue weighted by Gasteiger charge is 2.36. The van der Waals surface area contributed by atoms with Gasteiger partial charge in [-0.3, -0.25) is 0 Å². The smallest absolute Gasteiger partial charge is 0.122 e. The minimum atomic E-state index is -0.400. The molecule has 21 rings (SSSR count). The van der Waals surface area contributed by atoms with Gasteiger partial charge in [0.2, 0.25) is 0 Å². The van der Waals surface area contributed by atoms with Crippen LogP contribution < -0.4 is 47.5 Å². The van der Waals surface area contributed by atoms with E-state index in [4.69, 9.17) is 94.7 Å². The van der Waals surface area contributed by atoms with Gasteiger partial charge in [-0.25, -0.2) is 0 Å². The Hall–Kier alpha value is -10.2. The van der Waals surface area contributed by atoms with E-state index in [0.29, 0.717) is 96.1 Å². The molecule has 0 bridgehead atoms. The van der Waals surface area contributed by atoms with Crippen molar-refractivity contribution in [1.82, 2.24) is 0 Å². The fourth-order valence-electron chi connectivity index (χ4n) is 13.3. The lowest BCUT2D eigenvalue weighted by molar-refractivity contribution is 0.262. The molecule has 11 fully saturated rings. The van der Waals surface area contributed by atoms with Crippen LogP contribution in [0, 0.1) is 20.8 Å². The number of anilines is 1. The molecule has 130 heavy (non-hydrogen) atoms. The second-order valence-electron chi connectivity index (χ2n) is 34.4. The predicted molar refractivity (Wildman–Crippen MR) is 510 cm³/mol. The van der Waals surface area contributed by atoms with E-state index in [0.717, 1.165) is 149 Å². The molecule has 11 aliphatic rings. The average molecular weight is 1780 g/mol. The van der Waals surface area contributed by atoms with E-state index in [1.54, 1.807) is 0 Å². The van der Waals surface area contributed by atoms with Crippen molar-refractivity contribution in [1.29, 1.82) is 0 Å². The summed E-state index contributed by atoms with van der Waals surface area (Å²) in [7, 11) is 0. The van der Waals surface area contributed by atoms with Crippen LogP contribution in [0.5, 0.6) is 51.7 Å². The van der Waals surface area contributed by atoms with Gasteiger partial charge in [0.1, 0.15) is 166 Å². The van der Waals surface area contributed by atoms with Gasteiger partial charge in [-0.2, -0.15) is 0 Å². The largest absolute Gasteiger partial charge is 0.491 e. The van der Waals surface area contributed by atoms with E-state index in [-0.39, 0.29) is 50.8 Å². The average Bonchev–Trinajstić information content (AvgIpc) is 1.65. The first-order chi connectivity index (χ1) is 62.5. The summed E-state index contributed by atoms with van der Waals surface area (Å²) < 4.78 is 108. The molecule has 0 aromatic heterocycles. The molecule has 0 N–H and O–H groups in total. The number of hydrogen-bond acceptors (Lipinski definition) is 21. The van der Waals surface area contributed by atoms with Gasteiger partial charge in [0, 0.05) is 29.6 Å². The SMILES string of the molecule is C.C.CC(C)(c1ccc(OCC2CO2)cc1)c1ccc(C(C)(c2ccc(OCC3CO3)cc2)c2ccc(OCC3CO3)cc2)cc1.CCC.CCC.Cc1ccccc1OCC1CO1.Cc1ccccc1OCC1CO1.Cc1ccccc1OCC1CO1.c1cc(-c2ccc(OCC3CO3)cc2)ccc1OCC1CO1.c1cc(N(CC2CO2)CC2CO2)ccc1OCC1CO1. The van der Waals surface area contributed by atoms with Crippen molar-refractivity contribution in [2.45, 2.75) is 175 Å². The van der Waals surface area contributed by atoms with E-state index in [1.807, 2.05) is 130 Å². The molecule has 11 unspecified atom stereocenters. The van der Waals surface area contributed by atoms with Gasteiger partial charge in [0.15, 0.2) is 0 Å². The molecule has 11 atom stereocenters. The summed E-state index contributed by atoms with van der Waals surface area (Å²) in [6, 6.07) is 83.0. The second kappa shape index (κ2) is 49.9. The number of benzene rings is 10. The lowest BCUT2D eigenvalue weighted by Crippen LogP contribution is -2.31. The third-order valence-corrected chi connectivity index (χ3v) is 22.3. The minimum Gasteiger partial charge on any atom is -0.491 e. The third-order valence-electron chi connectivity index (χ3n) is 22.3. The monoisotopic (exact) mass is 1780 g/mol. The van der Waals surface area contributed by atoms with Crippen LogP contribution in [0.3, 0.4) is 0 Å². The van der Waals surface area contributed by atoms with Gasteiger partial charge >= 0.3 is 0 Å². The molecule has 0 saturated carbocycles. The Kier molecular flexibility index (Phi) is 37.9. The molecule has 10 aromatic rings. The Labute approximate surface area is 771 Å². The van der Waals surface area contributed by atoms with Crippen LogP contribution in [0.4, 0.5) is 5.69 Å². The van der Waals surface area contributed by atoms with E-state index in [9.17, 15) is 0 Å². The first-order valence-corrected chi connectivity index (χ1v) is 45.6. The van der Waals surface area contributed by atoms with Gasteiger partial charge in [-0.15, -0.1) is 0 Å². The molecule has 0 amide bonds. The highest BCUT2D eigenvalue weighted by Crippen LogP contribution is 2.43. The van der Waals surface area contributed by atoms with Crippen LogP contribution >= 0.6 is 0 Å². The zero-order valence-electron chi connectivity index (χ0n) is 76.0. The number of para-hydroxylation sites is 3. The molecule has 10 aromatic carbocycles. The first-order valence-electron chi connectivity index (χ1n) is 45.6. The summed E-state index contributed by atoms with van der Waals surface area (Å²) in [6.45, 7) is 38.3. The summed E-state index contributed by atoms with van der Waals surface area (Å²) in [5.41, 5.74) is 12.6. The molecule has 0 aliphatic carbocycles. The van der Waals surface area contributed by atoms with E-state index in [2.05, 4.69) is 187 Å². The zero-order chi connectivity index (χ0) is 88.9. The van der Waals surface area contributed by atoms with Gasteiger partial charge in [-0.1, -0.05) is 209 Å². The van der Waals surface area contributed by atoms with Crippen molar-refractivity contribution in [2.24, 2.45) is 0 Å². The van der Waals surface area contributed by atoms with Crippen LogP contribution in [-0.4, -0.2) is 212 Å². The van der Waals surface area contributed by atoms with Gasteiger partial charge in [-0.05, 0) is 186 Å². The summed E-state index contributed by atoms with van der Waals surface area (Å²) in [5.74, 6) is 8.13. The minimum absolute atomic E-state index is 0. The lowest BCUT2D eigenvalue weighted by atomic mass is 9.70. The maximum absolute atomic E-state index is 5.94. The van der Waals surface area contributed by atoms with Crippen LogP contribution in [0.25, 0.3) is 11.1 Å². The van der Waals surface area contributed by atoms with Crippen LogP contribution in [0.2, 0.25) is 0 Å². The summed E-state index contributed by atoms with van der Waals surface area (Å²) >= 11 is 0. The summed E-state index contributed by atoms with van der Waals surface area (Å²) in [5, 5.41) is 0. The van der Waals surface area contributed by atoms with Crippen molar-refractivity contribution in [3.63, 3.8) is 0 Å². The van der Waals surface area contributed by atoms with Crippen molar-refractivity contribution < 1.29 is 94.7 Å². The van der Waals surface area contributed by atoms with Gasteiger partial charge < -0.3 is 99.6 Å². The van der Waals surface area contributed by atoms with Crippen LogP contribution in [0.1, 0.15) is 121 Å². The third kappa shape index (κ3) is 34.2. The number of epoxide rings is 11. The molecule has 21 nitrogen and oxygen atoms in total. The number of rotatable bonds is 38. The van der Waals surface area contributed by atoms with Crippen LogP contribution in [-0.2, 0) is 62.9 Å². The Bertz CT molecular complexity index is 4610. The maximum Gasteiger partial charge on any atom is 0.122 e. The highest BCUT2D eigenvalue weighted by atomic mass is 16.6. The van der Waals surface area contributed by atoms with Crippen molar-refractivity contribution in [3.05, 3.63) is 287 Å². The zero-order valence-corrected chi connectivity index (χ0v) is 76.0. The molecular formula is C109H137NO20. The number of aryl methyl sites for hydroxylation is 3. The van der Waals surface area contributed by atoms with E-state index in [1.165, 1.54) is 63.0 Å². The molecule has 0 radical (unpaired) electrons. The van der Waals surface area contributed by atoms with Crippen molar-refractivity contribution >= 4 is 5.69 Å². The number of ether oxygens (including phenoxy) is 20. The van der Waals surface area contributed by atoms with Gasteiger partial charge in [0.05, 0.1) is 84.9 Å². The Morgan fingerprint density at radius 3 is 0.654 bits per heavy atom. The van der Waals surface area contributed by atoms with Crippen molar-refractivity contribution in [3.8, 4) is 62.9 Å². The molecule has 0 spiro atoms. The predicted octanol–water partition coefficient (Wildman–Crippen LogP) is 20.1.